The molecule has 0 bridgehead atoms. The molecule has 2 atom stereocenters. The van der Waals surface area contributed by atoms with Gasteiger partial charge in [0.2, 0.25) is 0 Å². The van der Waals surface area contributed by atoms with Crippen LogP contribution in [0.4, 0.5) is 5.82 Å². The fourth-order valence-electron chi connectivity index (χ4n) is 2.97. The zero-order valence-corrected chi connectivity index (χ0v) is 12.3. The number of primary amides is 1. The molecule has 0 saturated heterocycles. The molecule has 0 aromatic carbocycles. The van der Waals surface area contributed by atoms with E-state index in [1.54, 1.807) is 12.1 Å². The second-order valence-electron chi connectivity index (χ2n) is 5.86. The molecular formula is C15H24N4O. The summed E-state index contributed by atoms with van der Waals surface area (Å²) >= 11 is 0. The number of hydrogen-bond acceptors (Lipinski definition) is 4. The summed E-state index contributed by atoms with van der Waals surface area (Å²) in [5, 5.41) is 11.2. The highest BCUT2D eigenvalue weighted by molar-refractivity contribution is 5.90. The van der Waals surface area contributed by atoms with Crippen molar-refractivity contribution in [3.63, 3.8) is 0 Å². The number of aromatic nitrogens is 2. The van der Waals surface area contributed by atoms with E-state index >= 15 is 0 Å². The lowest BCUT2D eigenvalue weighted by Crippen LogP contribution is -2.31. The monoisotopic (exact) mass is 276 g/mol. The van der Waals surface area contributed by atoms with E-state index in [0.717, 1.165) is 5.92 Å². The molecule has 110 valence electrons. The number of nitrogens with one attached hydrogen (secondary N) is 1. The van der Waals surface area contributed by atoms with Gasteiger partial charge in [-0.25, -0.2) is 0 Å². The molecule has 2 unspecified atom stereocenters. The molecule has 1 heterocycles. The van der Waals surface area contributed by atoms with Crippen molar-refractivity contribution in [2.24, 2.45) is 17.6 Å². The summed E-state index contributed by atoms with van der Waals surface area (Å²) in [5.41, 5.74) is 5.35. The minimum Gasteiger partial charge on any atom is -0.366 e. The first-order chi connectivity index (χ1) is 9.58. The number of hydrogen-bond donors (Lipinski definition) is 2. The Kier molecular flexibility index (Phi) is 4.93. The highest BCUT2D eigenvalue weighted by Gasteiger charge is 2.24. The first-order valence-corrected chi connectivity index (χ1v) is 7.48. The summed E-state index contributed by atoms with van der Waals surface area (Å²) in [6.45, 7) is 4.49. The Hall–Kier alpha value is -1.65. The normalized spacial score (nSPS) is 19.3. The largest absolute Gasteiger partial charge is 0.366 e. The molecule has 5 nitrogen and oxygen atoms in total. The van der Waals surface area contributed by atoms with Gasteiger partial charge in [0.05, 0.1) is 0 Å². The number of amides is 1. The molecule has 0 aliphatic heterocycles. The first kappa shape index (κ1) is 14.8. The molecule has 1 aromatic rings. The second-order valence-corrected chi connectivity index (χ2v) is 5.86. The molecule has 1 amide bonds. The van der Waals surface area contributed by atoms with Crippen LogP contribution >= 0.6 is 0 Å². The van der Waals surface area contributed by atoms with Crippen LogP contribution in [0.1, 0.15) is 56.4 Å². The van der Waals surface area contributed by atoms with Crippen LogP contribution in [0.2, 0.25) is 0 Å². The zero-order chi connectivity index (χ0) is 14.5. The standard InChI is InChI=1S/C15H24N4O/c1-10(12-6-4-3-5-7-12)11(2)17-14-9-8-13(15(16)20)18-19-14/h8-12H,3-7H2,1-2H3,(H2,16,20)(H,17,19). The number of rotatable bonds is 5. The van der Waals surface area contributed by atoms with E-state index in [9.17, 15) is 4.79 Å². The number of anilines is 1. The summed E-state index contributed by atoms with van der Waals surface area (Å²) in [6.07, 6.45) is 6.76. The Bertz CT molecular complexity index is 440. The molecule has 0 radical (unpaired) electrons. The lowest BCUT2D eigenvalue weighted by Gasteiger charge is -2.32. The number of carbonyl (C=O) groups is 1. The summed E-state index contributed by atoms with van der Waals surface area (Å²) < 4.78 is 0. The van der Waals surface area contributed by atoms with Gasteiger partial charge in [0.25, 0.3) is 5.91 Å². The smallest absolute Gasteiger partial charge is 0.269 e. The SMILES string of the molecule is CC(Nc1ccc(C(N)=O)nn1)C(C)C1CCCCC1. The molecular weight excluding hydrogens is 252 g/mol. The van der Waals surface area contributed by atoms with Crippen molar-refractivity contribution in [1.29, 1.82) is 0 Å². The average Bonchev–Trinajstić information content (AvgIpc) is 2.48. The molecule has 20 heavy (non-hydrogen) atoms. The first-order valence-electron chi connectivity index (χ1n) is 7.48. The molecule has 2 rings (SSSR count). The molecule has 0 spiro atoms. The highest BCUT2D eigenvalue weighted by Crippen LogP contribution is 2.32. The summed E-state index contributed by atoms with van der Waals surface area (Å²) in [5.74, 6) is 1.55. The molecule has 1 fully saturated rings. The van der Waals surface area contributed by atoms with E-state index in [-0.39, 0.29) is 5.69 Å². The van der Waals surface area contributed by atoms with Crippen LogP contribution in [-0.2, 0) is 0 Å². The molecule has 1 aliphatic rings. The third-order valence-electron chi connectivity index (χ3n) is 4.47. The minimum absolute atomic E-state index is 0.198. The van der Waals surface area contributed by atoms with E-state index in [1.165, 1.54) is 32.1 Å². The van der Waals surface area contributed by atoms with Crippen molar-refractivity contribution in [2.75, 3.05) is 5.32 Å². The average molecular weight is 276 g/mol. The van der Waals surface area contributed by atoms with Crippen LogP contribution in [0.15, 0.2) is 12.1 Å². The van der Waals surface area contributed by atoms with Gasteiger partial charge in [-0.1, -0.05) is 39.0 Å². The molecule has 1 aliphatic carbocycles. The van der Waals surface area contributed by atoms with Gasteiger partial charge in [0, 0.05) is 6.04 Å². The van der Waals surface area contributed by atoms with Crippen LogP contribution in [0.25, 0.3) is 0 Å². The van der Waals surface area contributed by atoms with Gasteiger partial charge in [-0.2, -0.15) is 0 Å². The lowest BCUT2D eigenvalue weighted by molar-refractivity contribution is 0.0994. The van der Waals surface area contributed by atoms with Crippen molar-refractivity contribution in [3.8, 4) is 0 Å². The fourth-order valence-corrected chi connectivity index (χ4v) is 2.97. The Morgan fingerprint density at radius 2 is 1.95 bits per heavy atom. The minimum atomic E-state index is -0.548. The van der Waals surface area contributed by atoms with Gasteiger partial charge in [0.1, 0.15) is 5.82 Å². The van der Waals surface area contributed by atoms with Crippen molar-refractivity contribution < 1.29 is 4.79 Å². The Balaban J connectivity index is 1.92. The van der Waals surface area contributed by atoms with E-state index < -0.39 is 5.91 Å². The second kappa shape index (κ2) is 6.68. The molecule has 1 saturated carbocycles. The lowest BCUT2D eigenvalue weighted by atomic mass is 9.78. The number of carbonyl (C=O) groups excluding carboxylic acids is 1. The van der Waals surface area contributed by atoms with E-state index in [1.807, 2.05) is 0 Å². The maximum Gasteiger partial charge on any atom is 0.269 e. The quantitative estimate of drug-likeness (QED) is 0.866. The van der Waals surface area contributed by atoms with Gasteiger partial charge in [-0.15, -0.1) is 10.2 Å². The van der Waals surface area contributed by atoms with Crippen molar-refractivity contribution in [2.45, 2.75) is 52.0 Å². The predicted molar refractivity (Wildman–Crippen MR) is 79.4 cm³/mol. The van der Waals surface area contributed by atoms with Crippen LogP contribution in [-0.4, -0.2) is 22.1 Å². The molecule has 5 heteroatoms. The summed E-state index contributed by atoms with van der Waals surface area (Å²) in [7, 11) is 0. The highest BCUT2D eigenvalue weighted by atomic mass is 16.1. The van der Waals surface area contributed by atoms with Gasteiger partial charge in [0.15, 0.2) is 5.69 Å². The molecule has 1 aromatic heterocycles. The van der Waals surface area contributed by atoms with E-state index in [2.05, 4.69) is 29.4 Å². The van der Waals surface area contributed by atoms with Crippen LogP contribution < -0.4 is 11.1 Å². The van der Waals surface area contributed by atoms with Crippen molar-refractivity contribution in [3.05, 3.63) is 17.8 Å². The van der Waals surface area contributed by atoms with E-state index in [0.29, 0.717) is 17.8 Å². The van der Waals surface area contributed by atoms with Gasteiger partial charge in [-0.3, -0.25) is 4.79 Å². The predicted octanol–water partition coefficient (Wildman–Crippen LogP) is 2.59. The number of nitrogens with two attached hydrogens (primary N) is 1. The molecule has 3 N–H and O–H groups in total. The summed E-state index contributed by atoms with van der Waals surface area (Å²) in [6, 6.07) is 3.71. The zero-order valence-electron chi connectivity index (χ0n) is 12.3. The van der Waals surface area contributed by atoms with Crippen LogP contribution in [0.5, 0.6) is 0 Å². The number of nitrogens with zero attached hydrogens (tertiary/aromatic N) is 2. The van der Waals surface area contributed by atoms with E-state index in [4.69, 9.17) is 5.73 Å². The van der Waals surface area contributed by atoms with Gasteiger partial charge in [-0.05, 0) is 30.9 Å². The van der Waals surface area contributed by atoms with Crippen LogP contribution in [0.3, 0.4) is 0 Å². The van der Waals surface area contributed by atoms with Crippen molar-refractivity contribution >= 4 is 11.7 Å². The van der Waals surface area contributed by atoms with Crippen LogP contribution in [0, 0.1) is 11.8 Å². The topological polar surface area (TPSA) is 80.9 Å². The third-order valence-corrected chi connectivity index (χ3v) is 4.47. The fraction of sp³-hybridized carbons (Fsp3) is 0.667. The Labute approximate surface area is 120 Å². The van der Waals surface area contributed by atoms with Gasteiger partial charge < -0.3 is 11.1 Å². The maximum atomic E-state index is 10.9. The Morgan fingerprint density at radius 3 is 2.50 bits per heavy atom. The summed E-state index contributed by atoms with van der Waals surface area (Å²) in [4.78, 5) is 10.9. The maximum absolute atomic E-state index is 10.9. The van der Waals surface area contributed by atoms with Gasteiger partial charge >= 0.3 is 0 Å². The Morgan fingerprint density at radius 1 is 1.25 bits per heavy atom. The van der Waals surface area contributed by atoms with Crippen molar-refractivity contribution in [1.82, 2.24) is 10.2 Å². The third kappa shape index (κ3) is 3.68.